The summed E-state index contributed by atoms with van der Waals surface area (Å²) in [4.78, 5) is 2.15. The van der Waals surface area contributed by atoms with Gasteiger partial charge in [-0.25, -0.2) is 0 Å². The van der Waals surface area contributed by atoms with Crippen molar-refractivity contribution in [2.45, 2.75) is 12.6 Å². The SMILES string of the molecule is N#Cc1cccc(CN2CCOCC(O)C2)c1. The topological polar surface area (TPSA) is 56.5 Å². The summed E-state index contributed by atoms with van der Waals surface area (Å²) in [6, 6.07) is 9.70. The molecular weight excluding hydrogens is 216 g/mol. The van der Waals surface area contributed by atoms with E-state index in [-0.39, 0.29) is 0 Å². The van der Waals surface area contributed by atoms with E-state index in [9.17, 15) is 5.11 Å². The summed E-state index contributed by atoms with van der Waals surface area (Å²) in [5, 5.41) is 18.5. The molecule has 2 rings (SSSR count). The highest BCUT2D eigenvalue weighted by atomic mass is 16.5. The molecule has 17 heavy (non-hydrogen) atoms. The molecule has 1 aliphatic heterocycles. The minimum absolute atomic E-state index is 0.411. The number of benzene rings is 1. The highest BCUT2D eigenvalue weighted by Gasteiger charge is 2.16. The highest BCUT2D eigenvalue weighted by Crippen LogP contribution is 2.09. The summed E-state index contributed by atoms with van der Waals surface area (Å²) < 4.78 is 5.28. The molecule has 0 aromatic heterocycles. The Labute approximate surface area is 101 Å². The quantitative estimate of drug-likeness (QED) is 0.817. The Morgan fingerprint density at radius 2 is 2.41 bits per heavy atom. The van der Waals surface area contributed by atoms with E-state index in [0.717, 1.165) is 18.7 Å². The van der Waals surface area contributed by atoms with Crippen molar-refractivity contribution in [2.24, 2.45) is 0 Å². The van der Waals surface area contributed by atoms with Crippen LogP contribution in [0.3, 0.4) is 0 Å². The van der Waals surface area contributed by atoms with E-state index in [1.54, 1.807) is 6.07 Å². The lowest BCUT2D eigenvalue weighted by Gasteiger charge is -2.20. The fraction of sp³-hybridized carbons (Fsp3) is 0.462. The molecule has 4 nitrogen and oxygen atoms in total. The molecule has 1 aromatic carbocycles. The first-order valence-electron chi connectivity index (χ1n) is 5.75. The first-order chi connectivity index (χ1) is 8.28. The van der Waals surface area contributed by atoms with Crippen LogP contribution in [0.2, 0.25) is 0 Å². The summed E-state index contributed by atoms with van der Waals surface area (Å²) in [6.07, 6.45) is -0.420. The van der Waals surface area contributed by atoms with Crippen molar-refractivity contribution in [2.75, 3.05) is 26.3 Å². The molecule has 1 saturated heterocycles. The van der Waals surface area contributed by atoms with Gasteiger partial charge in [0.2, 0.25) is 0 Å². The number of aliphatic hydroxyl groups is 1. The molecule has 1 aliphatic rings. The summed E-state index contributed by atoms with van der Waals surface area (Å²) >= 11 is 0. The van der Waals surface area contributed by atoms with E-state index < -0.39 is 6.10 Å². The highest BCUT2D eigenvalue weighted by molar-refractivity contribution is 5.32. The van der Waals surface area contributed by atoms with E-state index in [4.69, 9.17) is 10.00 Å². The van der Waals surface area contributed by atoms with Crippen LogP contribution in [0.1, 0.15) is 11.1 Å². The molecule has 0 radical (unpaired) electrons. The first-order valence-corrected chi connectivity index (χ1v) is 5.75. The van der Waals surface area contributed by atoms with Crippen LogP contribution in [0.25, 0.3) is 0 Å². The van der Waals surface area contributed by atoms with Crippen molar-refractivity contribution in [3.05, 3.63) is 35.4 Å². The monoisotopic (exact) mass is 232 g/mol. The van der Waals surface area contributed by atoms with E-state index >= 15 is 0 Å². The number of hydrogen-bond acceptors (Lipinski definition) is 4. The van der Waals surface area contributed by atoms with Crippen LogP contribution in [-0.2, 0) is 11.3 Å². The number of β-amino-alcohol motifs (C(OH)–C–C–N with tert-alkyl or cyclic N) is 1. The van der Waals surface area contributed by atoms with Gasteiger partial charge >= 0.3 is 0 Å². The van der Waals surface area contributed by atoms with Crippen molar-refractivity contribution in [1.82, 2.24) is 4.90 Å². The molecule has 1 unspecified atom stereocenters. The Morgan fingerprint density at radius 1 is 1.53 bits per heavy atom. The van der Waals surface area contributed by atoms with Crippen LogP contribution in [0.15, 0.2) is 24.3 Å². The standard InChI is InChI=1S/C13H16N2O2/c14-7-11-2-1-3-12(6-11)8-15-4-5-17-10-13(16)9-15/h1-3,6,13,16H,4-5,8-10H2. The average molecular weight is 232 g/mol. The predicted molar refractivity (Wildman–Crippen MR) is 63.3 cm³/mol. The third-order valence-electron chi connectivity index (χ3n) is 2.79. The summed E-state index contributed by atoms with van der Waals surface area (Å²) in [5.41, 5.74) is 1.77. The lowest BCUT2D eigenvalue weighted by Crippen LogP contribution is -2.32. The van der Waals surface area contributed by atoms with Crippen LogP contribution in [-0.4, -0.2) is 42.4 Å². The second-order valence-electron chi connectivity index (χ2n) is 4.28. The summed E-state index contributed by atoms with van der Waals surface area (Å²) in [7, 11) is 0. The van der Waals surface area contributed by atoms with Crippen LogP contribution in [0.4, 0.5) is 0 Å². The van der Waals surface area contributed by atoms with Gasteiger partial charge in [0.25, 0.3) is 0 Å². The Balaban J connectivity index is 2.01. The second-order valence-corrected chi connectivity index (χ2v) is 4.28. The fourth-order valence-corrected chi connectivity index (χ4v) is 2.00. The van der Waals surface area contributed by atoms with Gasteiger partial charge in [0.1, 0.15) is 0 Å². The number of ether oxygens (including phenoxy) is 1. The van der Waals surface area contributed by atoms with Crippen molar-refractivity contribution in [3.8, 4) is 6.07 Å². The Hall–Kier alpha value is -1.41. The van der Waals surface area contributed by atoms with E-state index in [1.165, 1.54) is 0 Å². The molecular formula is C13H16N2O2. The average Bonchev–Trinajstić information content (AvgIpc) is 2.54. The number of hydrogen-bond donors (Lipinski definition) is 1. The normalized spacial score (nSPS) is 21.8. The predicted octanol–water partition coefficient (Wildman–Crippen LogP) is 0.751. The minimum Gasteiger partial charge on any atom is -0.389 e. The second kappa shape index (κ2) is 5.78. The number of nitrogens with zero attached hydrogens (tertiary/aromatic N) is 2. The van der Waals surface area contributed by atoms with Gasteiger partial charge in [-0.05, 0) is 17.7 Å². The van der Waals surface area contributed by atoms with Gasteiger partial charge in [0, 0.05) is 19.6 Å². The van der Waals surface area contributed by atoms with Gasteiger partial charge in [-0.15, -0.1) is 0 Å². The molecule has 1 aromatic rings. The van der Waals surface area contributed by atoms with E-state index in [1.807, 2.05) is 18.2 Å². The van der Waals surface area contributed by atoms with Gasteiger partial charge in [0.05, 0.1) is 31.0 Å². The molecule has 1 atom stereocenters. The van der Waals surface area contributed by atoms with Gasteiger partial charge in [0.15, 0.2) is 0 Å². The summed E-state index contributed by atoms with van der Waals surface area (Å²) in [5.74, 6) is 0. The lowest BCUT2D eigenvalue weighted by atomic mass is 10.1. The molecule has 90 valence electrons. The van der Waals surface area contributed by atoms with Crippen LogP contribution in [0.5, 0.6) is 0 Å². The Kier molecular flexibility index (Phi) is 4.10. The largest absolute Gasteiger partial charge is 0.389 e. The van der Waals surface area contributed by atoms with Gasteiger partial charge < -0.3 is 9.84 Å². The molecule has 4 heteroatoms. The number of aliphatic hydroxyl groups excluding tert-OH is 1. The van der Waals surface area contributed by atoms with E-state index in [0.29, 0.717) is 25.3 Å². The van der Waals surface area contributed by atoms with Crippen LogP contribution >= 0.6 is 0 Å². The molecule has 0 amide bonds. The maximum Gasteiger partial charge on any atom is 0.0991 e. The number of rotatable bonds is 2. The minimum atomic E-state index is -0.420. The molecule has 1 N–H and O–H groups in total. The van der Waals surface area contributed by atoms with Crippen LogP contribution < -0.4 is 0 Å². The molecule has 1 fully saturated rings. The van der Waals surface area contributed by atoms with Crippen molar-refractivity contribution in [1.29, 1.82) is 5.26 Å². The zero-order valence-electron chi connectivity index (χ0n) is 9.67. The van der Waals surface area contributed by atoms with Crippen LogP contribution in [0, 0.1) is 11.3 Å². The number of nitriles is 1. The Bertz CT molecular complexity index is 414. The molecule has 0 saturated carbocycles. The Morgan fingerprint density at radius 3 is 3.24 bits per heavy atom. The fourth-order valence-electron chi connectivity index (χ4n) is 2.00. The van der Waals surface area contributed by atoms with Crippen molar-refractivity contribution < 1.29 is 9.84 Å². The first kappa shape index (κ1) is 12.1. The zero-order valence-corrected chi connectivity index (χ0v) is 9.67. The molecule has 1 heterocycles. The van der Waals surface area contributed by atoms with Gasteiger partial charge in [-0.3, -0.25) is 4.90 Å². The zero-order chi connectivity index (χ0) is 12.1. The van der Waals surface area contributed by atoms with Gasteiger partial charge in [-0.2, -0.15) is 5.26 Å². The van der Waals surface area contributed by atoms with Crippen molar-refractivity contribution in [3.63, 3.8) is 0 Å². The molecule has 0 spiro atoms. The third-order valence-corrected chi connectivity index (χ3v) is 2.79. The molecule has 0 bridgehead atoms. The van der Waals surface area contributed by atoms with E-state index in [2.05, 4.69) is 11.0 Å². The maximum atomic E-state index is 9.62. The summed E-state index contributed by atoms with van der Waals surface area (Å²) in [6.45, 7) is 3.24. The lowest BCUT2D eigenvalue weighted by molar-refractivity contribution is 0.0562. The van der Waals surface area contributed by atoms with Gasteiger partial charge in [-0.1, -0.05) is 12.1 Å². The van der Waals surface area contributed by atoms with Crippen molar-refractivity contribution >= 4 is 0 Å². The third kappa shape index (κ3) is 3.53. The smallest absolute Gasteiger partial charge is 0.0991 e. The maximum absolute atomic E-state index is 9.62. The molecule has 0 aliphatic carbocycles.